The molecule has 5 N–H and O–H groups in total. The predicted octanol–water partition coefficient (Wildman–Crippen LogP) is 0.0891. The summed E-state index contributed by atoms with van der Waals surface area (Å²) in [6.07, 6.45) is 4.18. The summed E-state index contributed by atoms with van der Waals surface area (Å²) in [5.41, 5.74) is 9.36. The third-order valence-corrected chi connectivity index (χ3v) is 2.61. The molecule has 0 aliphatic rings. The Morgan fingerprint density at radius 1 is 1.41 bits per heavy atom. The highest BCUT2D eigenvalue weighted by atomic mass is 19.1. The van der Waals surface area contributed by atoms with Gasteiger partial charge in [-0.05, 0) is 6.07 Å². The van der Waals surface area contributed by atoms with Crippen molar-refractivity contribution in [2.45, 2.75) is 6.04 Å². The van der Waals surface area contributed by atoms with Gasteiger partial charge in [-0.2, -0.15) is 5.10 Å². The molecular formula is C10H13FN6. The highest BCUT2D eigenvalue weighted by molar-refractivity contribution is 5.45. The van der Waals surface area contributed by atoms with E-state index >= 15 is 0 Å². The van der Waals surface area contributed by atoms with Crippen molar-refractivity contribution in [2.75, 3.05) is 5.73 Å². The van der Waals surface area contributed by atoms with Crippen LogP contribution in [-0.2, 0) is 7.05 Å². The number of nitrogens with one attached hydrogen (secondary N) is 1. The van der Waals surface area contributed by atoms with Crippen LogP contribution < -0.4 is 17.0 Å². The lowest BCUT2D eigenvalue weighted by molar-refractivity contribution is 0.556. The summed E-state index contributed by atoms with van der Waals surface area (Å²) in [6, 6.07) is 0.999. The fourth-order valence-corrected chi connectivity index (χ4v) is 1.65. The van der Waals surface area contributed by atoms with E-state index in [0.717, 1.165) is 6.20 Å². The minimum absolute atomic E-state index is 0.377. The number of hydrogen-bond acceptors (Lipinski definition) is 5. The molecule has 2 aromatic heterocycles. The molecule has 0 saturated carbocycles. The zero-order valence-corrected chi connectivity index (χ0v) is 9.26. The van der Waals surface area contributed by atoms with Crippen LogP contribution in [0.1, 0.15) is 17.2 Å². The standard InChI is InChI=1S/C10H13FN6/c1-17-10(12)7(4-15-17)9(16-13)6-2-3-14-5-8(6)11/h2-5,9,16H,12-13H2,1H3. The lowest BCUT2D eigenvalue weighted by atomic mass is 10.0. The second-order valence-corrected chi connectivity index (χ2v) is 3.61. The van der Waals surface area contributed by atoms with Crippen LogP contribution in [0.3, 0.4) is 0 Å². The monoisotopic (exact) mass is 236 g/mol. The van der Waals surface area contributed by atoms with Crippen LogP contribution in [-0.4, -0.2) is 14.8 Å². The number of anilines is 1. The highest BCUT2D eigenvalue weighted by Gasteiger charge is 2.21. The smallest absolute Gasteiger partial charge is 0.146 e. The van der Waals surface area contributed by atoms with Gasteiger partial charge in [0.15, 0.2) is 0 Å². The molecule has 0 radical (unpaired) electrons. The molecule has 6 nitrogen and oxygen atoms in total. The molecule has 0 aliphatic carbocycles. The minimum Gasteiger partial charge on any atom is -0.384 e. The summed E-state index contributed by atoms with van der Waals surface area (Å²) in [5.74, 6) is 5.44. The summed E-state index contributed by atoms with van der Waals surface area (Å²) >= 11 is 0. The maximum atomic E-state index is 13.6. The molecule has 1 unspecified atom stereocenters. The molecule has 0 saturated heterocycles. The first kappa shape index (κ1) is 11.5. The number of halogens is 1. The van der Waals surface area contributed by atoms with Gasteiger partial charge in [0, 0.05) is 24.4 Å². The Kier molecular flexibility index (Phi) is 3.03. The molecule has 90 valence electrons. The molecule has 0 amide bonds. The molecule has 0 bridgehead atoms. The Hall–Kier alpha value is -1.99. The maximum absolute atomic E-state index is 13.6. The van der Waals surface area contributed by atoms with Crippen molar-refractivity contribution >= 4 is 5.82 Å². The van der Waals surface area contributed by atoms with Gasteiger partial charge >= 0.3 is 0 Å². The van der Waals surface area contributed by atoms with Crippen molar-refractivity contribution in [1.29, 1.82) is 0 Å². The fraction of sp³-hybridized carbons (Fsp3) is 0.200. The molecule has 2 aromatic rings. The number of rotatable bonds is 3. The number of aryl methyl sites for hydroxylation is 1. The van der Waals surface area contributed by atoms with E-state index < -0.39 is 11.9 Å². The summed E-state index contributed by atoms with van der Waals surface area (Å²) in [7, 11) is 1.70. The highest BCUT2D eigenvalue weighted by Crippen LogP contribution is 2.26. The van der Waals surface area contributed by atoms with Gasteiger partial charge in [-0.15, -0.1) is 0 Å². The molecule has 0 fully saturated rings. The lowest BCUT2D eigenvalue weighted by Crippen LogP contribution is -2.30. The Balaban J connectivity index is 2.48. The molecule has 1 atom stereocenters. The zero-order valence-electron chi connectivity index (χ0n) is 9.26. The fourth-order valence-electron chi connectivity index (χ4n) is 1.65. The van der Waals surface area contributed by atoms with Crippen LogP contribution in [0.2, 0.25) is 0 Å². The van der Waals surface area contributed by atoms with Gasteiger partial charge in [0.2, 0.25) is 0 Å². The largest absolute Gasteiger partial charge is 0.384 e. The number of nitrogens with zero attached hydrogens (tertiary/aromatic N) is 3. The van der Waals surface area contributed by atoms with Crippen LogP contribution in [0.15, 0.2) is 24.7 Å². The van der Waals surface area contributed by atoms with E-state index in [0.29, 0.717) is 16.9 Å². The quantitative estimate of drug-likeness (QED) is 0.518. The van der Waals surface area contributed by atoms with Gasteiger partial charge in [-0.25, -0.2) is 9.82 Å². The van der Waals surface area contributed by atoms with Crippen molar-refractivity contribution in [3.8, 4) is 0 Å². The molecule has 2 heterocycles. The van der Waals surface area contributed by atoms with Crippen LogP contribution in [0.4, 0.5) is 10.2 Å². The first-order valence-electron chi connectivity index (χ1n) is 4.98. The van der Waals surface area contributed by atoms with Gasteiger partial charge in [0.05, 0.1) is 18.4 Å². The van der Waals surface area contributed by atoms with Crippen LogP contribution in [0, 0.1) is 5.82 Å². The van der Waals surface area contributed by atoms with Crippen LogP contribution in [0.25, 0.3) is 0 Å². The van der Waals surface area contributed by atoms with E-state index in [1.54, 1.807) is 19.3 Å². The number of nitrogen functional groups attached to an aromatic ring is 1. The maximum Gasteiger partial charge on any atom is 0.146 e. The Labute approximate surface area is 97.4 Å². The van der Waals surface area contributed by atoms with E-state index in [9.17, 15) is 4.39 Å². The molecule has 0 spiro atoms. The number of hydrogen-bond donors (Lipinski definition) is 3. The summed E-state index contributed by atoms with van der Waals surface area (Å²) < 4.78 is 15.1. The summed E-state index contributed by atoms with van der Waals surface area (Å²) in [5, 5.41) is 4.00. The first-order chi connectivity index (χ1) is 8.15. The molecule has 0 aliphatic heterocycles. The Morgan fingerprint density at radius 3 is 2.71 bits per heavy atom. The SMILES string of the molecule is Cn1ncc(C(NN)c2ccncc2F)c1N. The van der Waals surface area contributed by atoms with Gasteiger partial charge in [0.1, 0.15) is 11.6 Å². The number of nitrogens with two attached hydrogens (primary N) is 2. The van der Waals surface area contributed by atoms with Crippen molar-refractivity contribution in [1.82, 2.24) is 20.2 Å². The molecule has 17 heavy (non-hydrogen) atoms. The van der Waals surface area contributed by atoms with Gasteiger partial charge in [-0.3, -0.25) is 15.5 Å². The van der Waals surface area contributed by atoms with Gasteiger partial charge in [-0.1, -0.05) is 0 Å². The second-order valence-electron chi connectivity index (χ2n) is 3.61. The third kappa shape index (κ3) is 1.97. The third-order valence-electron chi connectivity index (χ3n) is 2.61. The first-order valence-corrected chi connectivity index (χ1v) is 4.98. The zero-order chi connectivity index (χ0) is 12.4. The number of pyridine rings is 1. The molecule has 0 aromatic carbocycles. The van der Waals surface area contributed by atoms with Crippen LogP contribution in [0.5, 0.6) is 0 Å². The predicted molar refractivity (Wildman–Crippen MR) is 61.0 cm³/mol. The Morgan fingerprint density at radius 2 is 2.18 bits per heavy atom. The van der Waals surface area contributed by atoms with Crippen molar-refractivity contribution < 1.29 is 4.39 Å². The average Bonchev–Trinajstić information content (AvgIpc) is 2.65. The molecule has 2 rings (SSSR count). The summed E-state index contributed by atoms with van der Waals surface area (Å²) in [6.45, 7) is 0. The van der Waals surface area contributed by atoms with E-state index in [2.05, 4.69) is 15.5 Å². The number of hydrazine groups is 1. The van der Waals surface area contributed by atoms with E-state index in [1.165, 1.54) is 10.9 Å². The van der Waals surface area contributed by atoms with Gasteiger partial charge in [0.25, 0.3) is 0 Å². The molecular weight excluding hydrogens is 223 g/mol. The van der Waals surface area contributed by atoms with Crippen LogP contribution >= 0.6 is 0 Å². The number of aromatic nitrogens is 3. The van der Waals surface area contributed by atoms with Gasteiger partial charge < -0.3 is 5.73 Å². The minimum atomic E-state index is -0.549. The van der Waals surface area contributed by atoms with Crippen molar-refractivity contribution in [2.24, 2.45) is 12.9 Å². The van der Waals surface area contributed by atoms with E-state index in [-0.39, 0.29) is 0 Å². The average molecular weight is 236 g/mol. The molecule has 7 heteroatoms. The summed E-state index contributed by atoms with van der Waals surface area (Å²) in [4.78, 5) is 3.69. The second kappa shape index (κ2) is 4.48. The normalized spacial score (nSPS) is 12.6. The Bertz CT molecular complexity index is 523. The van der Waals surface area contributed by atoms with E-state index in [4.69, 9.17) is 11.6 Å². The van der Waals surface area contributed by atoms with Crippen molar-refractivity contribution in [3.63, 3.8) is 0 Å². The lowest BCUT2D eigenvalue weighted by Gasteiger charge is -2.16. The van der Waals surface area contributed by atoms with Crippen molar-refractivity contribution in [3.05, 3.63) is 41.6 Å². The van der Waals surface area contributed by atoms with E-state index in [1.807, 2.05) is 0 Å². The topological polar surface area (TPSA) is 94.8 Å².